The summed E-state index contributed by atoms with van der Waals surface area (Å²) in [6.45, 7) is 1.91. The van der Waals surface area contributed by atoms with E-state index in [1.165, 1.54) is 7.11 Å². The Bertz CT molecular complexity index is 636. The predicted molar refractivity (Wildman–Crippen MR) is 87.1 cm³/mol. The molecule has 0 bridgehead atoms. The molecule has 0 aliphatic heterocycles. The number of carbonyl (C=O) groups is 2. The number of methoxy groups -OCH3 is 1. The molecular formula is C19H20O3. The summed E-state index contributed by atoms with van der Waals surface area (Å²) < 4.78 is 4.73. The first-order chi connectivity index (χ1) is 10.6. The maximum absolute atomic E-state index is 12.2. The number of benzene rings is 1. The molecule has 0 amide bonds. The Hall–Kier alpha value is -2.42. The van der Waals surface area contributed by atoms with Crippen molar-refractivity contribution in [1.29, 1.82) is 0 Å². The first-order valence-corrected chi connectivity index (χ1v) is 7.33. The van der Waals surface area contributed by atoms with E-state index in [9.17, 15) is 9.59 Å². The van der Waals surface area contributed by atoms with Gasteiger partial charge in [-0.05, 0) is 30.6 Å². The lowest BCUT2D eigenvalue weighted by molar-refractivity contribution is -0.141. The summed E-state index contributed by atoms with van der Waals surface area (Å²) in [6, 6.07) is 9.91. The average Bonchev–Trinajstić information content (AvgIpc) is 2.53. The SMILES string of the molecule is COC(=O)C[C@H]1CC=CC(=O)C1=C(C)C=Cc1ccccc1. The van der Waals surface area contributed by atoms with Crippen molar-refractivity contribution in [2.24, 2.45) is 5.92 Å². The number of hydrogen-bond donors (Lipinski definition) is 0. The molecule has 3 heteroatoms. The molecule has 0 aromatic heterocycles. The topological polar surface area (TPSA) is 43.4 Å². The van der Waals surface area contributed by atoms with Crippen LogP contribution in [0.15, 0.2) is 59.7 Å². The Morgan fingerprint density at radius 3 is 2.73 bits per heavy atom. The summed E-state index contributed by atoms with van der Waals surface area (Å²) in [7, 11) is 1.37. The fourth-order valence-electron chi connectivity index (χ4n) is 2.61. The molecule has 22 heavy (non-hydrogen) atoms. The van der Waals surface area contributed by atoms with Crippen molar-refractivity contribution < 1.29 is 14.3 Å². The van der Waals surface area contributed by atoms with Crippen molar-refractivity contribution >= 4 is 17.8 Å². The highest BCUT2D eigenvalue weighted by Crippen LogP contribution is 2.29. The van der Waals surface area contributed by atoms with Crippen molar-refractivity contribution in [3.63, 3.8) is 0 Å². The van der Waals surface area contributed by atoms with Crippen LogP contribution >= 0.6 is 0 Å². The van der Waals surface area contributed by atoms with Gasteiger partial charge < -0.3 is 4.74 Å². The van der Waals surface area contributed by atoms with Gasteiger partial charge in [0, 0.05) is 11.5 Å². The van der Waals surface area contributed by atoms with Gasteiger partial charge in [-0.2, -0.15) is 0 Å². The molecule has 1 atom stereocenters. The lowest BCUT2D eigenvalue weighted by Crippen LogP contribution is -2.20. The Labute approximate surface area is 131 Å². The van der Waals surface area contributed by atoms with E-state index in [4.69, 9.17) is 4.74 Å². The number of esters is 1. The normalized spacial score (nSPS) is 20.3. The summed E-state index contributed by atoms with van der Waals surface area (Å²) in [5.74, 6) is -0.411. The van der Waals surface area contributed by atoms with Crippen LogP contribution in [-0.4, -0.2) is 18.9 Å². The highest BCUT2D eigenvalue weighted by molar-refractivity contribution is 6.06. The van der Waals surface area contributed by atoms with Crippen molar-refractivity contribution in [1.82, 2.24) is 0 Å². The van der Waals surface area contributed by atoms with Crippen LogP contribution in [0.4, 0.5) is 0 Å². The predicted octanol–water partition coefficient (Wildman–Crippen LogP) is 3.72. The number of carbonyl (C=O) groups excluding carboxylic acids is 2. The van der Waals surface area contributed by atoms with Gasteiger partial charge in [0.05, 0.1) is 13.5 Å². The number of allylic oxidation sites excluding steroid dienone is 5. The van der Waals surface area contributed by atoms with E-state index in [0.29, 0.717) is 12.0 Å². The smallest absolute Gasteiger partial charge is 0.306 e. The van der Waals surface area contributed by atoms with Crippen LogP contribution in [0.1, 0.15) is 25.3 Å². The number of hydrogen-bond acceptors (Lipinski definition) is 3. The second kappa shape index (κ2) is 7.55. The van der Waals surface area contributed by atoms with Crippen LogP contribution in [0, 0.1) is 5.92 Å². The van der Waals surface area contributed by atoms with Crippen LogP contribution in [-0.2, 0) is 14.3 Å². The van der Waals surface area contributed by atoms with E-state index in [-0.39, 0.29) is 24.1 Å². The molecule has 114 valence electrons. The molecular weight excluding hydrogens is 276 g/mol. The van der Waals surface area contributed by atoms with E-state index in [0.717, 1.165) is 11.1 Å². The summed E-state index contributed by atoms with van der Waals surface area (Å²) in [6.07, 6.45) is 8.25. The third kappa shape index (κ3) is 4.04. The zero-order valence-corrected chi connectivity index (χ0v) is 12.9. The van der Waals surface area contributed by atoms with Gasteiger partial charge >= 0.3 is 5.97 Å². The molecule has 1 aromatic carbocycles. The molecule has 0 unspecified atom stereocenters. The second-order valence-electron chi connectivity index (χ2n) is 5.32. The van der Waals surface area contributed by atoms with Crippen LogP contribution in [0.5, 0.6) is 0 Å². The maximum atomic E-state index is 12.2. The minimum Gasteiger partial charge on any atom is -0.469 e. The van der Waals surface area contributed by atoms with Crippen molar-refractivity contribution in [3.05, 3.63) is 65.3 Å². The number of rotatable bonds is 4. The van der Waals surface area contributed by atoms with Gasteiger partial charge in [-0.1, -0.05) is 48.6 Å². The van der Waals surface area contributed by atoms with E-state index >= 15 is 0 Å². The van der Waals surface area contributed by atoms with Crippen molar-refractivity contribution in [2.45, 2.75) is 19.8 Å². The van der Waals surface area contributed by atoms with Gasteiger partial charge in [0.2, 0.25) is 0 Å². The number of ether oxygens (including phenoxy) is 1. The summed E-state index contributed by atoms with van der Waals surface area (Å²) in [5.41, 5.74) is 2.68. The van der Waals surface area contributed by atoms with Crippen molar-refractivity contribution in [3.8, 4) is 0 Å². The Balaban J connectivity index is 2.26. The van der Waals surface area contributed by atoms with E-state index in [2.05, 4.69) is 0 Å². The van der Waals surface area contributed by atoms with Crippen molar-refractivity contribution in [2.75, 3.05) is 7.11 Å². The van der Waals surface area contributed by atoms with Gasteiger partial charge in [-0.3, -0.25) is 9.59 Å². The molecule has 1 aliphatic carbocycles. The molecule has 0 radical (unpaired) electrons. The molecule has 0 N–H and O–H groups in total. The largest absolute Gasteiger partial charge is 0.469 e. The highest BCUT2D eigenvalue weighted by atomic mass is 16.5. The van der Waals surface area contributed by atoms with Gasteiger partial charge in [-0.25, -0.2) is 0 Å². The quantitative estimate of drug-likeness (QED) is 0.628. The van der Waals surface area contributed by atoms with Gasteiger partial charge in [0.1, 0.15) is 0 Å². The standard InChI is InChI=1S/C19H20O3/c1-14(11-12-15-7-4-3-5-8-15)19-16(13-18(21)22-2)9-6-10-17(19)20/h3-8,10-12,16H,9,13H2,1-2H3/t16-/m1/s1. The second-order valence-corrected chi connectivity index (χ2v) is 5.32. The van der Waals surface area contributed by atoms with E-state index in [1.807, 2.05) is 55.5 Å². The van der Waals surface area contributed by atoms with Crippen LogP contribution in [0.2, 0.25) is 0 Å². The van der Waals surface area contributed by atoms with Crippen LogP contribution in [0.3, 0.4) is 0 Å². The fourth-order valence-corrected chi connectivity index (χ4v) is 2.61. The summed E-state index contributed by atoms with van der Waals surface area (Å²) in [4.78, 5) is 23.7. The molecule has 0 spiro atoms. The molecule has 0 heterocycles. The van der Waals surface area contributed by atoms with Crippen LogP contribution < -0.4 is 0 Å². The first-order valence-electron chi connectivity index (χ1n) is 7.33. The summed E-state index contributed by atoms with van der Waals surface area (Å²) >= 11 is 0. The van der Waals surface area contributed by atoms with Crippen LogP contribution in [0.25, 0.3) is 6.08 Å². The van der Waals surface area contributed by atoms with Gasteiger partial charge in [0.15, 0.2) is 5.78 Å². The first kappa shape index (κ1) is 16.0. The van der Waals surface area contributed by atoms with E-state index < -0.39 is 0 Å². The molecule has 3 nitrogen and oxygen atoms in total. The molecule has 1 aromatic rings. The third-order valence-corrected chi connectivity index (χ3v) is 3.75. The molecule has 2 rings (SSSR count). The highest BCUT2D eigenvalue weighted by Gasteiger charge is 2.26. The minimum atomic E-state index is -0.287. The maximum Gasteiger partial charge on any atom is 0.306 e. The average molecular weight is 296 g/mol. The van der Waals surface area contributed by atoms with Gasteiger partial charge in [-0.15, -0.1) is 0 Å². The monoisotopic (exact) mass is 296 g/mol. The Morgan fingerprint density at radius 1 is 1.32 bits per heavy atom. The lowest BCUT2D eigenvalue weighted by atomic mass is 9.82. The molecule has 1 aliphatic rings. The number of ketones is 1. The Morgan fingerprint density at radius 2 is 2.05 bits per heavy atom. The third-order valence-electron chi connectivity index (χ3n) is 3.75. The lowest BCUT2D eigenvalue weighted by Gasteiger charge is -2.21. The molecule has 0 saturated heterocycles. The summed E-state index contributed by atoms with van der Waals surface area (Å²) in [5, 5.41) is 0. The molecule has 0 saturated carbocycles. The fraction of sp³-hybridized carbons (Fsp3) is 0.263. The minimum absolute atomic E-state index is 0.0182. The van der Waals surface area contributed by atoms with Gasteiger partial charge in [0.25, 0.3) is 0 Å². The Kier molecular flexibility index (Phi) is 5.48. The molecule has 0 fully saturated rings. The zero-order valence-electron chi connectivity index (χ0n) is 12.9. The zero-order chi connectivity index (χ0) is 15.9. The van der Waals surface area contributed by atoms with E-state index in [1.54, 1.807) is 6.08 Å².